The quantitative estimate of drug-likeness (QED) is 0.128. The van der Waals surface area contributed by atoms with E-state index in [1.165, 1.54) is 47.6 Å². The molecule has 1 aromatic heterocycles. The monoisotopic (exact) mass is 887 g/mol. The number of hydrogen-bond donors (Lipinski definition) is 0. The van der Waals surface area contributed by atoms with Crippen molar-refractivity contribution < 1.29 is 0 Å². The molecule has 0 saturated carbocycles. The highest BCUT2D eigenvalue weighted by Gasteiger charge is 2.26. The van der Waals surface area contributed by atoms with Crippen LogP contribution < -0.4 is 14.7 Å². The lowest BCUT2D eigenvalue weighted by atomic mass is 9.93. The van der Waals surface area contributed by atoms with Gasteiger partial charge in [-0.25, -0.2) is 0 Å². The van der Waals surface area contributed by atoms with E-state index in [4.69, 9.17) is 0 Å². The fraction of sp³-hybridized carbons (Fsp3) is 0. The van der Waals surface area contributed by atoms with Crippen molar-refractivity contribution in [2.24, 2.45) is 0 Å². The standard InChI is InChI=1S/C64H45N3S/c1-7-21-48(22-8-1)65(49-23-9-2-10-24-49)54-40-37-46(38-41-54)47-39-42-57-60-44-43-56-55(33-19-35-59(56)64(60)68-62(57)45-47)58-34-20-36-61(66(50-25-11-3-12-26-50)51-27-13-4-14-28-51)63(58)67(52-29-15-5-16-30-52)53-31-17-6-18-32-53/h1-45H. The number of thiophene rings is 1. The van der Waals surface area contributed by atoms with E-state index in [0.29, 0.717) is 0 Å². The summed E-state index contributed by atoms with van der Waals surface area (Å²) in [4.78, 5) is 7.12. The summed E-state index contributed by atoms with van der Waals surface area (Å²) in [5.41, 5.74) is 14.6. The molecule has 0 aliphatic heterocycles. The smallest absolute Gasteiger partial charge is 0.0781 e. The van der Waals surface area contributed by atoms with Crippen LogP contribution in [0, 0.1) is 0 Å². The first-order valence-corrected chi connectivity index (χ1v) is 23.9. The van der Waals surface area contributed by atoms with Crippen molar-refractivity contribution in [3.63, 3.8) is 0 Å². The Kier molecular flexibility index (Phi) is 10.8. The summed E-state index contributed by atoms with van der Waals surface area (Å²) < 4.78 is 2.57. The molecule has 0 bridgehead atoms. The summed E-state index contributed by atoms with van der Waals surface area (Å²) in [5, 5.41) is 5.02. The molecule has 0 unspecified atom stereocenters. The van der Waals surface area contributed by atoms with E-state index in [1.54, 1.807) is 0 Å². The molecule has 0 saturated heterocycles. The van der Waals surface area contributed by atoms with Crippen LogP contribution in [-0.4, -0.2) is 0 Å². The molecule has 0 fully saturated rings. The second-order valence-electron chi connectivity index (χ2n) is 16.9. The van der Waals surface area contributed by atoms with E-state index in [2.05, 4.69) is 288 Å². The van der Waals surface area contributed by atoms with Crippen molar-refractivity contribution in [2.45, 2.75) is 0 Å². The normalized spacial score (nSPS) is 11.2. The van der Waals surface area contributed by atoms with Gasteiger partial charge in [0, 0.05) is 70.9 Å². The second kappa shape index (κ2) is 17.9. The van der Waals surface area contributed by atoms with Gasteiger partial charge in [0.25, 0.3) is 0 Å². The summed E-state index contributed by atoms with van der Waals surface area (Å²) in [7, 11) is 0. The van der Waals surface area contributed by atoms with Gasteiger partial charge in [-0.3, -0.25) is 0 Å². The van der Waals surface area contributed by atoms with Gasteiger partial charge >= 0.3 is 0 Å². The van der Waals surface area contributed by atoms with Crippen LogP contribution in [0.3, 0.4) is 0 Å². The van der Waals surface area contributed by atoms with Crippen molar-refractivity contribution in [1.29, 1.82) is 0 Å². The predicted octanol–water partition coefficient (Wildman–Crippen LogP) is 19.0. The summed E-state index contributed by atoms with van der Waals surface area (Å²) in [6.45, 7) is 0. The Morgan fingerprint density at radius 2 is 0.647 bits per heavy atom. The molecule has 3 nitrogen and oxygen atoms in total. The molecule has 11 aromatic carbocycles. The summed E-state index contributed by atoms with van der Waals surface area (Å²) in [5.74, 6) is 0. The third-order valence-corrected chi connectivity index (χ3v) is 14.0. The first-order valence-electron chi connectivity index (χ1n) is 23.1. The van der Waals surface area contributed by atoms with E-state index in [-0.39, 0.29) is 0 Å². The number of para-hydroxylation sites is 7. The van der Waals surface area contributed by atoms with Crippen LogP contribution in [0.15, 0.2) is 273 Å². The molecule has 12 rings (SSSR count). The van der Waals surface area contributed by atoms with Crippen LogP contribution in [0.4, 0.5) is 51.2 Å². The second-order valence-corrected chi connectivity index (χ2v) is 17.9. The zero-order valence-electron chi connectivity index (χ0n) is 37.2. The molecule has 4 heteroatoms. The minimum absolute atomic E-state index is 1.07. The molecule has 0 aliphatic rings. The lowest BCUT2D eigenvalue weighted by Crippen LogP contribution is -2.18. The van der Waals surface area contributed by atoms with Gasteiger partial charge in [-0.15, -0.1) is 11.3 Å². The molecule has 1 heterocycles. The van der Waals surface area contributed by atoms with E-state index in [9.17, 15) is 0 Å². The van der Waals surface area contributed by atoms with E-state index in [1.807, 2.05) is 11.3 Å². The van der Waals surface area contributed by atoms with Crippen molar-refractivity contribution >= 4 is 93.5 Å². The highest BCUT2D eigenvalue weighted by Crippen LogP contribution is 2.52. The van der Waals surface area contributed by atoms with Crippen LogP contribution in [0.2, 0.25) is 0 Å². The van der Waals surface area contributed by atoms with E-state index in [0.717, 1.165) is 56.7 Å². The minimum atomic E-state index is 1.07. The SMILES string of the molecule is c1ccc(N(c2ccccc2)c2ccc(-c3ccc4c(c3)sc3c5cccc(-c6cccc(N(c7ccccc7)c7ccccc7)c6N(c6ccccc6)c6ccccc6)c5ccc43)cc2)cc1. The fourth-order valence-electron chi connectivity index (χ4n) is 9.72. The molecule has 0 atom stereocenters. The van der Waals surface area contributed by atoms with Crippen LogP contribution >= 0.6 is 11.3 Å². The zero-order chi connectivity index (χ0) is 45.2. The molecule has 0 amide bonds. The van der Waals surface area contributed by atoms with Gasteiger partial charge in [0.15, 0.2) is 0 Å². The number of benzene rings is 11. The number of fused-ring (bicyclic) bond motifs is 5. The van der Waals surface area contributed by atoms with Crippen LogP contribution in [0.25, 0.3) is 53.2 Å². The third kappa shape index (κ3) is 7.53. The minimum Gasteiger partial charge on any atom is -0.311 e. The summed E-state index contributed by atoms with van der Waals surface area (Å²) in [6, 6.07) is 98.3. The molecule has 68 heavy (non-hydrogen) atoms. The van der Waals surface area contributed by atoms with Crippen molar-refractivity contribution in [3.8, 4) is 22.3 Å². The summed E-state index contributed by atoms with van der Waals surface area (Å²) >= 11 is 1.89. The van der Waals surface area contributed by atoms with Crippen molar-refractivity contribution in [1.82, 2.24) is 0 Å². The third-order valence-electron chi connectivity index (χ3n) is 12.8. The molecule has 0 radical (unpaired) electrons. The van der Waals surface area contributed by atoms with Crippen molar-refractivity contribution in [3.05, 3.63) is 273 Å². The van der Waals surface area contributed by atoms with Gasteiger partial charge in [0.05, 0.1) is 11.4 Å². The van der Waals surface area contributed by atoms with Gasteiger partial charge in [0.2, 0.25) is 0 Å². The van der Waals surface area contributed by atoms with E-state index < -0.39 is 0 Å². The van der Waals surface area contributed by atoms with Gasteiger partial charge in [0.1, 0.15) is 0 Å². The molecule has 0 spiro atoms. The lowest BCUT2D eigenvalue weighted by molar-refractivity contribution is 1.23. The van der Waals surface area contributed by atoms with Crippen LogP contribution in [-0.2, 0) is 0 Å². The molecule has 0 N–H and O–H groups in total. The number of nitrogens with zero attached hydrogens (tertiary/aromatic N) is 3. The molecular weight excluding hydrogens is 843 g/mol. The summed E-state index contributed by atoms with van der Waals surface area (Å²) in [6.07, 6.45) is 0. The Labute approximate surface area is 401 Å². The number of anilines is 9. The maximum absolute atomic E-state index is 2.43. The highest BCUT2D eigenvalue weighted by molar-refractivity contribution is 7.26. The fourth-order valence-corrected chi connectivity index (χ4v) is 11.0. The van der Waals surface area contributed by atoms with Gasteiger partial charge in [-0.05, 0) is 119 Å². The molecule has 0 aliphatic carbocycles. The van der Waals surface area contributed by atoms with Crippen LogP contribution in [0.1, 0.15) is 0 Å². The first-order chi connectivity index (χ1) is 33.8. The molecular formula is C64H45N3S. The number of rotatable bonds is 11. The van der Waals surface area contributed by atoms with Crippen LogP contribution in [0.5, 0.6) is 0 Å². The Balaban J connectivity index is 1.01. The predicted molar refractivity (Wildman–Crippen MR) is 292 cm³/mol. The highest BCUT2D eigenvalue weighted by atomic mass is 32.1. The van der Waals surface area contributed by atoms with Gasteiger partial charge in [-0.1, -0.05) is 176 Å². The topological polar surface area (TPSA) is 9.72 Å². The molecule has 12 aromatic rings. The Bertz CT molecular complexity index is 3540. The number of hydrogen-bond acceptors (Lipinski definition) is 4. The first kappa shape index (κ1) is 40.8. The van der Waals surface area contributed by atoms with E-state index >= 15 is 0 Å². The van der Waals surface area contributed by atoms with Crippen molar-refractivity contribution in [2.75, 3.05) is 14.7 Å². The molecule has 322 valence electrons. The van der Waals surface area contributed by atoms with Gasteiger partial charge in [-0.2, -0.15) is 0 Å². The average Bonchev–Trinajstić information content (AvgIpc) is 3.80. The zero-order valence-corrected chi connectivity index (χ0v) is 38.0. The maximum atomic E-state index is 2.43. The largest absolute Gasteiger partial charge is 0.311 e. The maximum Gasteiger partial charge on any atom is 0.0781 e. The Hall–Kier alpha value is -8.70. The lowest BCUT2D eigenvalue weighted by Gasteiger charge is -2.35. The Morgan fingerprint density at radius 1 is 0.250 bits per heavy atom. The van der Waals surface area contributed by atoms with Gasteiger partial charge < -0.3 is 14.7 Å². The average molecular weight is 888 g/mol. The Morgan fingerprint density at radius 3 is 1.18 bits per heavy atom.